The molecule has 0 atom stereocenters. The van der Waals surface area contributed by atoms with Crippen molar-refractivity contribution in [3.63, 3.8) is 0 Å². The number of halogens is 1. The van der Waals surface area contributed by atoms with Gasteiger partial charge < -0.3 is 29.5 Å². The summed E-state index contributed by atoms with van der Waals surface area (Å²) < 4.78 is 11.5. The molecule has 3 heterocycles. The van der Waals surface area contributed by atoms with Crippen molar-refractivity contribution in [2.75, 3.05) is 50.8 Å². The summed E-state index contributed by atoms with van der Waals surface area (Å²) in [7, 11) is 0. The molecule has 228 valence electrons. The first-order valence-electron chi connectivity index (χ1n) is 14.8. The molecule has 4 rings (SSSR count). The van der Waals surface area contributed by atoms with E-state index in [0.29, 0.717) is 67.4 Å². The van der Waals surface area contributed by atoms with E-state index in [1.807, 2.05) is 31.6 Å². The Morgan fingerprint density at radius 1 is 0.976 bits per heavy atom. The number of nitrogens with one attached hydrogen (secondary N) is 1. The Balaban J connectivity index is 1.18. The minimum Gasteiger partial charge on any atom is -0.444 e. The molecule has 1 N–H and O–H groups in total. The van der Waals surface area contributed by atoms with E-state index in [-0.39, 0.29) is 23.5 Å². The second kappa shape index (κ2) is 14.3. The quantitative estimate of drug-likeness (QED) is 0.362. The van der Waals surface area contributed by atoms with Crippen molar-refractivity contribution in [1.82, 2.24) is 15.1 Å². The summed E-state index contributed by atoms with van der Waals surface area (Å²) in [5.74, 6) is 4.53. The van der Waals surface area contributed by atoms with Crippen LogP contribution in [0.2, 0.25) is 5.02 Å². The van der Waals surface area contributed by atoms with Gasteiger partial charge in [-0.1, -0.05) is 11.6 Å². The number of hydrogen-bond acceptors (Lipinski definition) is 8. The lowest BCUT2D eigenvalue weighted by Gasteiger charge is -2.34. The summed E-state index contributed by atoms with van der Waals surface area (Å²) in [5, 5.41) is 3.12. The Morgan fingerprint density at radius 2 is 1.64 bits per heavy atom. The van der Waals surface area contributed by atoms with Gasteiger partial charge in [-0.2, -0.15) is 0 Å². The van der Waals surface area contributed by atoms with Crippen molar-refractivity contribution in [2.24, 2.45) is 11.8 Å². The monoisotopic (exact) mass is 600 g/mol. The van der Waals surface area contributed by atoms with E-state index in [0.717, 1.165) is 45.2 Å². The minimum atomic E-state index is -0.475. The van der Waals surface area contributed by atoms with Crippen molar-refractivity contribution < 1.29 is 28.7 Å². The highest BCUT2D eigenvalue weighted by molar-refractivity contribution is 6.33. The van der Waals surface area contributed by atoms with Gasteiger partial charge in [0.1, 0.15) is 17.2 Å². The fourth-order valence-electron chi connectivity index (χ4n) is 5.57. The summed E-state index contributed by atoms with van der Waals surface area (Å²) >= 11 is 6.43. The SMILES string of the molecule is CC(C)(C)OC(=O)N1CCC(CCOCC2CCN(C(=O)c3ccc(Cl)c(N4CCC(=C=O)NC4=C=O)c3)CC2)CC1. The van der Waals surface area contributed by atoms with E-state index >= 15 is 0 Å². The number of likely N-dealkylation sites (tertiary alicyclic amines) is 2. The lowest BCUT2D eigenvalue weighted by Crippen LogP contribution is -2.42. The molecule has 3 aliphatic heterocycles. The molecule has 42 heavy (non-hydrogen) atoms. The van der Waals surface area contributed by atoms with Crippen LogP contribution in [-0.4, -0.2) is 85.2 Å². The molecule has 0 spiro atoms. The zero-order valence-electron chi connectivity index (χ0n) is 24.7. The molecule has 1 aromatic rings. The van der Waals surface area contributed by atoms with Crippen LogP contribution < -0.4 is 10.2 Å². The number of benzene rings is 1. The van der Waals surface area contributed by atoms with Gasteiger partial charge >= 0.3 is 6.09 Å². The third-order valence-electron chi connectivity index (χ3n) is 8.02. The van der Waals surface area contributed by atoms with Crippen LogP contribution in [0.25, 0.3) is 0 Å². The zero-order chi connectivity index (χ0) is 30.3. The fraction of sp³-hybridized carbons (Fsp3) is 0.613. The Labute approximate surface area is 252 Å². The predicted molar refractivity (Wildman–Crippen MR) is 160 cm³/mol. The zero-order valence-corrected chi connectivity index (χ0v) is 25.5. The van der Waals surface area contributed by atoms with Crippen molar-refractivity contribution in [2.45, 2.75) is 64.9 Å². The topological polar surface area (TPSA) is 108 Å². The van der Waals surface area contributed by atoms with Crippen LogP contribution >= 0.6 is 11.6 Å². The Bertz CT molecular complexity index is 1230. The highest BCUT2D eigenvalue weighted by atomic mass is 35.5. The van der Waals surface area contributed by atoms with Crippen LogP contribution in [0.15, 0.2) is 29.7 Å². The second-order valence-electron chi connectivity index (χ2n) is 12.2. The molecule has 10 nitrogen and oxygen atoms in total. The molecule has 0 radical (unpaired) electrons. The number of anilines is 1. The lowest BCUT2D eigenvalue weighted by molar-refractivity contribution is 0.0153. The van der Waals surface area contributed by atoms with Crippen LogP contribution in [0.1, 0.15) is 69.7 Å². The number of amides is 2. The van der Waals surface area contributed by atoms with E-state index in [9.17, 15) is 19.2 Å². The summed E-state index contributed by atoms with van der Waals surface area (Å²) in [6.07, 6.45) is 4.80. The van der Waals surface area contributed by atoms with Gasteiger partial charge in [-0.15, -0.1) is 0 Å². The molecule has 0 aromatic heterocycles. The third-order valence-corrected chi connectivity index (χ3v) is 8.34. The number of rotatable bonds is 7. The highest BCUT2D eigenvalue weighted by Crippen LogP contribution is 2.32. The predicted octanol–water partition coefficient (Wildman–Crippen LogP) is 4.43. The van der Waals surface area contributed by atoms with Crippen molar-refractivity contribution in [3.8, 4) is 0 Å². The first-order chi connectivity index (χ1) is 20.1. The molecular weight excluding hydrogens is 560 g/mol. The Morgan fingerprint density at radius 3 is 2.29 bits per heavy atom. The smallest absolute Gasteiger partial charge is 0.410 e. The van der Waals surface area contributed by atoms with Gasteiger partial charge in [0.05, 0.1) is 10.7 Å². The molecule has 11 heteroatoms. The standard InChI is InChI=1S/C31H41ClN4O6/c1-31(2,3)42-30(40)35-14-6-22(7-15-35)11-17-41-21-23-8-12-34(13-9-23)29(39)24-4-5-26(32)27(18-24)36-16-10-25(19-37)33-28(36)20-38/h4-5,18,22-23,33H,6-17,21H2,1-3H3. The van der Waals surface area contributed by atoms with Crippen molar-refractivity contribution >= 4 is 41.2 Å². The largest absolute Gasteiger partial charge is 0.444 e. The fourth-order valence-corrected chi connectivity index (χ4v) is 5.79. The van der Waals surface area contributed by atoms with Gasteiger partial charge in [-0.05, 0) is 82.9 Å². The maximum atomic E-state index is 13.3. The van der Waals surface area contributed by atoms with E-state index in [1.54, 1.807) is 33.9 Å². The van der Waals surface area contributed by atoms with Gasteiger partial charge in [0.15, 0.2) is 11.8 Å². The molecule has 0 unspecified atom stereocenters. The second-order valence-corrected chi connectivity index (χ2v) is 12.6. The van der Waals surface area contributed by atoms with Crippen LogP contribution in [0.4, 0.5) is 10.5 Å². The molecule has 0 aliphatic carbocycles. The maximum absolute atomic E-state index is 13.3. The summed E-state index contributed by atoms with van der Waals surface area (Å²) in [4.78, 5) is 53.3. The van der Waals surface area contributed by atoms with E-state index in [4.69, 9.17) is 21.1 Å². The third kappa shape index (κ3) is 8.39. The molecule has 1 aromatic carbocycles. The van der Waals surface area contributed by atoms with E-state index in [2.05, 4.69) is 5.32 Å². The van der Waals surface area contributed by atoms with E-state index in [1.165, 1.54) is 0 Å². The van der Waals surface area contributed by atoms with Gasteiger partial charge in [0, 0.05) is 57.9 Å². The number of carbonyl (C=O) groups excluding carboxylic acids is 4. The molecule has 3 fully saturated rings. The summed E-state index contributed by atoms with van der Waals surface area (Å²) in [6, 6.07) is 5.03. The average Bonchev–Trinajstić information content (AvgIpc) is 2.98. The molecule has 3 aliphatic rings. The number of carbonyl (C=O) groups is 2. The van der Waals surface area contributed by atoms with Gasteiger partial charge in [-0.3, -0.25) is 4.79 Å². The molecule has 0 bridgehead atoms. The minimum absolute atomic E-state index is 0.0678. The molecule has 3 saturated heterocycles. The molecular formula is C31H41ClN4O6. The maximum Gasteiger partial charge on any atom is 0.410 e. The first-order valence-corrected chi connectivity index (χ1v) is 15.1. The Kier molecular flexibility index (Phi) is 10.7. The van der Waals surface area contributed by atoms with Gasteiger partial charge in [0.25, 0.3) is 5.91 Å². The Hall–Kier alpha value is -3.29. The van der Waals surface area contributed by atoms with Crippen LogP contribution in [-0.2, 0) is 19.1 Å². The van der Waals surface area contributed by atoms with Crippen molar-refractivity contribution in [3.05, 3.63) is 40.3 Å². The number of nitrogens with zero attached hydrogens (tertiary/aromatic N) is 3. The summed E-state index contributed by atoms with van der Waals surface area (Å²) in [5.41, 5.74) is 0.804. The number of hydrogen-bond donors (Lipinski definition) is 1. The van der Waals surface area contributed by atoms with Crippen LogP contribution in [0, 0.1) is 11.8 Å². The van der Waals surface area contributed by atoms with Gasteiger partial charge in [0.2, 0.25) is 0 Å². The van der Waals surface area contributed by atoms with Gasteiger partial charge in [-0.25, -0.2) is 14.4 Å². The lowest BCUT2D eigenvalue weighted by atomic mass is 9.94. The molecule has 0 saturated carbocycles. The average molecular weight is 601 g/mol. The van der Waals surface area contributed by atoms with E-state index < -0.39 is 5.60 Å². The highest BCUT2D eigenvalue weighted by Gasteiger charge is 2.29. The van der Waals surface area contributed by atoms with Crippen molar-refractivity contribution in [1.29, 1.82) is 0 Å². The van der Waals surface area contributed by atoms with Crippen LogP contribution in [0.5, 0.6) is 0 Å². The normalized spacial score (nSPS) is 18.8. The van der Waals surface area contributed by atoms with Crippen LogP contribution in [0.3, 0.4) is 0 Å². The number of ether oxygens (including phenoxy) is 2. The number of piperidine rings is 2. The first kappa shape index (κ1) is 31.6. The molecule has 2 amide bonds. The summed E-state index contributed by atoms with van der Waals surface area (Å²) in [6.45, 7) is 10.1.